The molecule has 100 valence electrons. The molecule has 0 saturated carbocycles. The maximum atomic E-state index is 9.58. The van der Waals surface area contributed by atoms with Crippen molar-refractivity contribution in [1.82, 2.24) is 4.90 Å². The van der Waals surface area contributed by atoms with E-state index in [1.807, 2.05) is 25.1 Å². The second-order valence-electron chi connectivity index (χ2n) is 5.21. The molecule has 1 aliphatic heterocycles. The topological polar surface area (TPSA) is 49.5 Å². The number of nitrogen functional groups attached to an aromatic ring is 1. The third-order valence-corrected chi connectivity index (χ3v) is 4.15. The third kappa shape index (κ3) is 3.37. The van der Waals surface area contributed by atoms with Crippen LogP contribution in [-0.4, -0.2) is 29.2 Å². The minimum absolute atomic E-state index is 0.192. The fraction of sp³-hybridized carbons (Fsp3) is 0.571. The van der Waals surface area contributed by atoms with Crippen molar-refractivity contribution in [3.8, 4) is 0 Å². The zero-order chi connectivity index (χ0) is 13.1. The number of piperidine rings is 1. The second-order valence-corrected chi connectivity index (χ2v) is 5.61. The van der Waals surface area contributed by atoms with Crippen molar-refractivity contribution in [1.29, 1.82) is 0 Å². The molecule has 3 N–H and O–H groups in total. The standard InChI is InChI=1S/C14H21ClN2O/c1-10(18)11-4-6-17(7-5-11)9-12-8-13(16)2-3-14(12)15/h2-3,8,10-11,18H,4-7,9,16H2,1H3. The molecular formula is C14H21ClN2O. The third-order valence-electron chi connectivity index (χ3n) is 3.78. The van der Waals surface area contributed by atoms with Gasteiger partial charge in [-0.15, -0.1) is 0 Å². The Morgan fingerprint density at radius 3 is 2.72 bits per heavy atom. The number of aliphatic hydroxyl groups is 1. The zero-order valence-corrected chi connectivity index (χ0v) is 11.5. The largest absolute Gasteiger partial charge is 0.399 e. The van der Waals surface area contributed by atoms with E-state index in [2.05, 4.69) is 4.90 Å². The summed E-state index contributed by atoms with van der Waals surface area (Å²) in [7, 11) is 0. The van der Waals surface area contributed by atoms with E-state index in [0.717, 1.165) is 48.7 Å². The van der Waals surface area contributed by atoms with Gasteiger partial charge in [-0.2, -0.15) is 0 Å². The van der Waals surface area contributed by atoms with E-state index in [1.165, 1.54) is 0 Å². The van der Waals surface area contributed by atoms with Gasteiger partial charge in [0.1, 0.15) is 0 Å². The van der Waals surface area contributed by atoms with Crippen LogP contribution in [0.25, 0.3) is 0 Å². The van der Waals surface area contributed by atoms with E-state index < -0.39 is 0 Å². The molecule has 1 aromatic rings. The molecule has 1 saturated heterocycles. The van der Waals surface area contributed by atoms with Crippen LogP contribution in [0.4, 0.5) is 5.69 Å². The second kappa shape index (κ2) is 5.91. The Bertz CT molecular complexity index is 401. The summed E-state index contributed by atoms with van der Waals surface area (Å²) in [4.78, 5) is 2.37. The van der Waals surface area contributed by atoms with Crippen LogP contribution >= 0.6 is 11.6 Å². The van der Waals surface area contributed by atoms with Gasteiger partial charge in [-0.1, -0.05) is 11.6 Å². The molecule has 0 amide bonds. The Labute approximate surface area is 114 Å². The number of halogens is 1. The first kappa shape index (κ1) is 13.7. The van der Waals surface area contributed by atoms with Gasteiger partial charge < -0.3 is 10.8 Å². The highest BCUT2D eigenvalue weighted by molar-refractivity contribution is 6.31. The molecule has 0 bridgehead atoms. The van der Waals surface area contributed by atoms with E-state index in [-0.39, 0.29) is 6.10 Å². The highest BCUT2D eigenvalue weighted by Crippen LogP contribution is 2.25. The Balaban J connectivity index is 1.93. The van der Waals surface area contributed by atoms with Gasteiger partial charge in [0.05, 0.1) is 6.10 Å². The first-order valence-corrected chi connectivity index (χ1v) is 6.88. The summed E-state index contributed by atoms with van der Waals surface area (Å²) in [6.07, 6.45) is 1.91. The summed E-state index contributed by atoms with van der Waals surface area (Å²) in [5.74, 6) is 0.442. The summed E-state index contributed by atoms with van der Waals surface area (Å²) >= 11 is 6.17. The predicted molar refractivity (Wildman–Crippen MR) is 75.5 cm³/mol. The lowest BCUT2D eigenvalue weighted by atomic mass is 9.92. The summed E-state index contributed by atoms with van der Waals surface area (Å²) in [5.41, 5.74) is 7.63. The molecule has 1 heterocycles. The average Bonchev–Trinajstić information content (AvgIpc) is 2.34. The minimum Gasteiger partial charge on any atom is -0.399 e. The molecule has 2 rings (SSSR count). The van der Waals surface area contributed by atoms with Crippen LogP contribution in [0.2, 0.25) is 5.02 Å². The van der Waals surface area contributed by atoms with Crippen LogP contribution in [0.1, 0.15) is 25.3 Å². The molecule has 0 aromatic heterocycles. The maximum Gasteiger partial charge on any atom is 0.0541 e. The first-order chi connectivity index (χ1) is 8.56. The first-order valence-electron chi connectivity index (χ1n) is 6.50. The molecular weight excluding hydrogens is 248 g/mol. The van der Waals surface area contributed by atoms with Gasteiger partial charge in [-0.05, 0) is 62.5 Å². The lowest BCUT2D eigenvalue weighted by Gasteiger charge is -2.33. The molecule has 0 aliphatic carbocycles. The van der Waals surface area contributed by atoms with Crippen molar-refractivity contribution in [2.75, 3.05) is 18.8 Å². The molecule has 1 aliphatic rings. The van der Waals surface area contributed by atoms with Crippen molar-refractivity contribution in [3.05, 3.63) is 28.8 Å². The smallest absolute Gasteiger partial charge is 0.0541 e. The summed E-state index contributed by atoms with van der Waals surface area (Å²) in [6.45, 7) is 4.76. The van der Waals surface area contributed by atoms with Crippen molar-refractivity contribution in [2.45, 2.75) is 32.4 Å². The van der Waals surface area contributed by atoms with Gasteiger partial charge >= 0.3 is 0 Å². The molecule has 0 spiro atoms. The van der Waals surface area contributed by atoms with Crippen LogP contribution in [0.5, 0.6) is 0 Å². The number of hydrogen-bond donors (Lipinski definition) is 2. The van der Waals surface area contributed by atoms with Crippen LogP contribution < -0.4 is 5.73 Å². The van der Waals surface area contributed by atoms with Crippen molar-refractivity contribution >= 4 is 17.3 Å². The SMILES string of the molecule is CC(O)C1CCN(Cc2cc(N)ccc2Cl)CC1. The number of likely N-dealkylation sites (tertiary alicyclic amines) is 1. The minimum atomic E-state index is -0.192. The fourth-order valence-electron chi connectivity index (χ4n) is 2.55. The monoisotopic (exact) mass is 268 g/mol. The van der Waals surface area contributed by atoms with E-state index in [1.54, 1.807) is 0 Å². The fourth-order valence-corrected chi connectivity index (χ4v) is 2.73. The zero-order valence-electron chi connectivity index (χ0n) is 10.8. The Kier molecular flexibility index (Phi) is 4.49. The summed E-state index contributed by atoms with van der Waals surface area (Å²) < 4.78 is 0. The highest BCUT2D eigenvalue weighted by atomic mass is 35.5. The average molecular weight is 269 g/mol. The summed E-state index contributed by atoms with van der Waals surface area (Å²) in [5, 5.41) is 10.4. The molecule has 1 aromatic carbocycles. The van der Waals surface area contributed by atoms with Gasteiger partial charge in [-0.25, -0.2) is 0 Å². The molecule has 1 unspecified atom stereocenters. The van der Waals surface area contributed by atoms with Crippen molar-refractivity contribution in [3.63, 3.8) is 0 Å². The predicted octanol–water partition coefficient (Wildman–Crippen LogP) is 2.52. The highest BCUT2D eigenvalue weighted by Gasteiger charge is 2.22. The molecule has 18 heavy (non-hydrogen) atoms. The Hall–Kier alpha value is -0.770. The van der Waals surface area contributed by atoms with Gasteiger partial charge in [0, 0.05) is 17.3 Å². The Morgan fingerprint density at radius 2 is 2.11 bits per heavy atom. The number of nitrogens with two attached hydrogens (primary N) is 1. The van der Waals surface area contributed by atoms with Crippen LogP contribution in [0.15, 0.2) is 18.2 Å². The molecule has 1 fully saturated rings. The Morgan fingerprint density at radius 1 is 1.44 bits per heavy atom. The van der Waals surface area contributed by atoms with Crippen LogP contribution in [-0.2, 0) is 6.54 Å². The van der Waals surface area contributed by atoms with Gasteiger partial charge in [0.15, 0.2) is 0 Å². The van der Waals surface area contributed by atoms with Crippen molar-refractivity contribution < 1.29 is 5.11 Å². The normalized spacial score (nSPS) is 19.9. The molecule has 1 atom stereocenters. The number of anilines is 1. The molecule has 4 heteroatoms. The van der Waals surface area contributed by atoms with Gasteiger partial charge in [-0.3, -0.25) is 4.90 Å². The van der Waals surface area contributed by atoms with E-state index in [0.29, 0.717) is 5.92 Å². The van der Waals surface area contributed by atoms with Crippen LogP contribution in [0.3, 0.4) is 0 Å². The maximum absolute atomic E-state index is 9.58. The van der Waals surface area contributed by atoms with E-state index in [9.17, 15) is 5.11 Å². The quantitative estimate of drug-likeness (QED) is 0.829. The lowest BCUT2D eigenvalue weighted by Crippen LogP contribution is -2.36. The number of aliphatic hydroxyl groups excluding tert-OH is 1. The number of benzene rings is 1. The van der Waals surface area contributed by atoms with Crippen LogP contribution in [0, 0.1) is 5.92 Å². The molecule has 0 radical (unpaired) electrons. The van der Waals surface area contributed by atoms with E-state index >= 15 is 0 Å². The number of hydrogen-bond acceptors (Lipinski definition) is 3. The van der Waals surface area contributed by atoms with Crippen molar-refractivity contribution in [2.24, 2.45) is 5.92 Å². The van der Waals surface area contributed by atoms with Gasteiger partial charge in [0.25, 0.3) is 0 Å². The lowest BCUT2D eigenvalue weighted by molar-refractivity contribution is 0.0695. The van der Waals surface area contributed by atoms with E-state index in [4.69, 9.17) is 17.3 Å². The van der Waals surface area contributed by atoms with Gasteiger partial charge in [0.2, 0.25) is 0 Å². The molecule has 3 nitrogen and oxygen atoms in total. The number of rotatable bonds is 3. The number of nitrogens with zero attached hydrogens (tertiary/aromatic N) is 1. The summed E-state index contributed by atoms with van der Waals surface area (Å²) in [6, 6.07) is 5.63.